The number of ketones is 1. The van der Waals surface area contributed by atoms with Gasteiger partial charge in [0.05, 0.1) is 11.3 Å². The molecule has 19 heavy (non-hydrogen) atoms. The number of nitrogens with two attached hydrogens (primary N) is 1. The third kappa shape index (κ3) is 2.62. The number of anilines is 1. The van der Waals surface area contributed by atoms with Crippen molar-refractivity contribution in [1.82, 2.24) is 0 Å². The molecular formula is C13H13FN2O3. The van der Waals surface area contributed by atoms with E-state index in [1.807, 2.05) is 0 Å². The van der Waals surface area contributed by atoms with Crippen LogP contribution in [0.15, 0.2) is 18.2 Å². The molecule has 0 spiro atoms. The predicted molar refractivity (Wildman–Crippen MR) is 66.1 cm³/mol. The zero-order valence-electron chi connectivity index (χ0n) is 10.2. The zero-order valence-corrected chi connectivity index (χ0v) is 10.2. The number of unbranched alkanes of at least 4 members (excludes halogenated alkanes) is 1. The van der Waals surface area contributed by atoms with E-state index in [0.29, 0.717) is 25.1 Å². The van der Waals surface area contributed by atoms with E-state index < -0.39 is 23.4 Å². The molecule has 0 aromatic heterocycles. The van der Waals surface area contributed by atoms with Gasteiger partial charge in [0.2, 0.25) is 5.91 Å². The molecule has 2 N–H and O–H groups in total. The SMILES string of the molecule is NC(=O)CCCCN1C(=O)C(=O)c2cc(F)ccc21. The molecule has 0 bridgehead atoms. The lowest BCUT2D eigenvalue weighted by molar-refractivity contribution is -0.118. The molecule has 1 heterocycles. The van der Waals surface area contributed by atoms with Crippen molar-refractivity contribution in [3.05, 3.63) is 29.6 Å². The summed E-state index contributed by atoms with van der Waals surface area (Å²) < 4.78 is 13.1. The number of primary amides is 1. The number of amides is 2. The minimum atomic E-state index is -0.690. The molecular weight excluding hydrogens is 251 g/mol. The van der Waals surface area contributed by atoms with E-state index >= 15 is 0 Å². The van der Waals surface area contributed by atoms with Gasteiger partial charge in [-0.3, -0.25) is 14.4 Å². The van der Waals surface area contributed by atoms with Gasteiger partial charge in [-0.05, 0) is 31.0 Å². The monoisotopic (exact) mass is 264 g/mol. The number of fused-ring (bicyclic) bond motifs is 1. The number of Topliss-reactive ketones (excluding diaryl/α,β-unsaturated/α-hetero) is 1. The topological polar surface area (TPSA) is 80.5 Å². The number of benzene rings is 1. The molecule has 0 saturated heterocycles. The van der Waals surface area contributed by atoms with Crippen LogP contribution in [0.1, 0.15) is 29.6 Å². The summed E-state index contributed by atoms with van der Waals surface area (Å²) in [5, 5.41) is 0. The number of carbonyl (C=O) groups is 3. The first-order valence-corrected chi connectivity index (χ1v) is 5.95. The summed E-state index contributed by atoms with van der Waals surface area (Å²) in [7, 11) is 0. The normalized spacial score (nSPS) is 13.8. The fraction of sp³-hybridized carbons (Fsp3) is 0.308. The zero-order chi connectivity index (χ0) is 14.0. The average Bonchev–Trinajstić information content (AvgIpc) is 2.59. The lowest BCUT2D eigenvalue weighted by atomic mass is 10.1. The fourth-order valence-corrected chi connectivity index (χ4v) is 2.06. The van der Waals surface area contributed by atoms with Crippen molar-refractivity contribution >= 4 is 23.3 Å². The molecule has 1 aromatic carbocycles. The summed E-state index contributed by atoms with van der Waals surface area (Å²) in [6.07, 6.45) is 1.34. The van der Waals surface area contributed by atoms with Crippen LogP contribution in [-0.2, 0) is 9.59 Å². The molecule has 2 amide bonds. The highest BCUT2D eigenvalue weighted by Gasteiger charge is 2.35. The number of nitrogens with zero attached hydrogens (tertiary/aromatic N) is 1. The van der Waals surface area contributed by atoms with Crippen molar-refractivity contribution < 1.29 is 18.8 Å². The van der Waals surface area contributed by atoms with Crippen LogP contribution in [-0.4, -0.2) is 24.1 Å². The molecule has 100 valence electrons. The molecule has 0 atom stereocenters. The highest BCUT2D eigenvalue weighted by atomic mass is 19.1. The van der Waals surface area contributed by atoms with Crippen molar-refractivity contribution in [2.24, 2.45) is 5.73 Å². The van der Waals surface area contributed by atoms with Gasteiger partial charge in [-0.15, -0.1) is 0 Å². The van der Waals surface area contributed by atoms with Gasteiger partial charge >= 0.3 is 0 Å². The van der Waals surface area contributed by atoms with E-state index in [-0.39, 0.29) is 12.0 Å². The van der Waals surface area contributed by atoms with Crippen molar-refractivity contribution in [3.8, 4) is 0 Å². The maximum Gasteiger partial charge on any atom is 0.299 e. The molecule has 1 aromatic rings. The van der Waals surface area contributed by atoms with Gasteiger partial charge in [0.15, 0.2) is 0 Å². The highest BCUT2D eigenvalue weighted by molar-refractivity contribution is 6.52. The summed E-state index contributed by atoms with van der Waals surface area (Å²) in [4.78, 5) is 35.3. The Hall–Kier alpha value is -2.24. The second kappa shape index (κ2) is 5.17. The Bertz CT molecular complexity index is 557. The van der Waals surface area contributed by atoms with Crippen LogP contribution in [0.25, 0.3) is 0 Å². The van der Waals surface area contributed by atoms with E-state index in [1.165, 1.54) is 17.0 Å². The number of carbonyl (C=O) groups excluding carboxylic acids is 3. The molecule has 0 unspecified atom stereocenters. The third-order valence-corrected chi connectivity index (χ3v) is 2.99. The second-order valence-corrected chi connectivity index (χ2v) is 4.37. The quantitative estimate of drug-likeness (QED) is 0.636. The van der Waals surface area contributed by atoms with E-state index in [0.717, 1.165) is 6.07 Å². The van der Waals surface area contributed by atoms with E-state index in [2.05, 4.69) is 0 Å². The van der Waals surface area contributed by atoms with Gasteiger partial charge < -0.3 is 10.6 Å². The maximum absolute atomic E-state index is 13.1. The van der Waals surface area contributed by atoms with E-state index in [4.69, 9.17) is 5.73 Å². The minimum absolute atomic E-state index is 0.0971. The molecule has 6 heteroatoms. The van der Waals surface area contributed by atoms with Crippen LogP contribution < -0.4 is 10.6 Å². The van der Waals surface area contributed by atoms with Gasteiger partial charge in [0.1, 0.15) is 5.82 Å². The number of hydrogen-bond acceptors (Lipinski definition) is 3. The van der Waals surface area contributed by atoms with Crippen molar-refractivity contribution in [2.45, 2.75) is 19.3 Å². The van der Waals surface area contributed by atoms with Crippen LogP contribution in [0.2, 0.25) is 0 Å². The van der Waals surface area contributed by atoms with Gasteiger partial charge in [-0.2, -0.15) is 0 Å². The standard InChI is InChI=1S/C13H13FN2O3/c14-8-4-5-10-9(7-8)12(18)13(19)16(10)6-2-1-3-11(15)17/h4-5,7H,1-3,6H2,(H2,15,17). The molecule has 1 aliphatic heterocycles. The number of halogens is 1. The van der Waals surface area contributed by atoms with Crippen LogP contribution in [0.4, 0.5) is 10.1 Å². The van der Waals surface area contributed by atoms with E-state index in [9.17, 15) is 18.8 Å². The van der Waals surface area contributed by atoms with Gasteiger partial charge in [-0.25, -0.2) is 4.39 Å². The Labute approximate surface area is 109 Å². The van der Waals surface area contributed by atoms with Crippen LogP contribution in [0, 0.1) is 5.82 Å². The lowest BCUT2D eigenvalue weighted by Crippen LogP contribution is -2.30. The van der Waals surface area contributed by atoms with E-state index in [1.54, 1.807) is 0 Å². The Kier molecular flexibility index (Phi) is 3.59. The summed E-state index contributed by atoms with van der Waals surface area (Å²) in [5.41, 5.74) is 5.54. The average molecular weight is 264 g/mol. The number of rotatable bonds is 5. The molecule has 2 rings (SSSR count). The highest BCUT2D eigenvalue weighted by Crippen LogP contribution is 2.29. The number of hydrogen-bond donors (Lipinski definition) is 1. The molecule has 1 aliphatic rings. The largest absolute Gasteiger partial charge is 0.370 e. The molecule has 0 aliphatic carbocycles. The summed E-state index contributed by atoms with van der Waals surface area (Å²) >= 11 is 0. The predicted octanol–water partition coefficient (Wildman–Crippen LogP) is 1.01. The molecule has 0 fully saturated rings. The van der Waals surface area contributed by atoms with Crippen molar-refractivity contribution in [1.29, 1.82) is 0 Å². The van der Waals surface area contributed by atoms with Crippen LogP contribution in [0.3, 0.4) is 0 Å². The van der Waals surface area contributed by atoms with Crippen LogP contribution in [0.5, 0.6) is 0 Å². The molecule has 0 radical (unpaired) electrons. The Morgan fingerprint density at radius 1 is 1.26 bits per heavy atom. The van der Waals surface area contributed by atoms with Gasteiger partial charge in [-0.1, -0.05) is 0 Å². The van der Waals surface area contributed by atoms with Gasteiger partial charge in [0, 0.05) is 13.0 Å². The summed E-state index contributed by atoms with van der Waals surface area (Å²) in [6.45, 7) is 0.316. The van der Waals surface area contributed by atoms with Gasteiger partial charge in [0.25, 0.3) is 11.7 Å². The van der Waals surface area contributed by atoms with Crippen molar-refractivity contribution in [3.63, 3.8) is 0 Å². The first-order chi connectivity index (χ1) is 9.00. The summed E-state index contributed by atoms with van der Waals surface area (Å²) in [6, 6.07) is 3.70. The third-order valence-electron chi connectivity index (χ3n) is 2.99. The van der Waals surface area contributed by atoms with Crippen molar-refractivity contribution in [2.75, 3.05) is 11.4 Å². The first-order valence-electron chi connectivity index (χ1n) is 5.95. The molecule has 5 nitrogen and oxygen atoms in total. The Morgan fingerprint density at radius 3 is 2.68 bits per heavy atom. The lowest BCUT2D eigenvalue weighted by Gasteiger charge is -2.15. The fourth-order valence-electron chi connectivity index (χ4n) is 2.06. The van der Waals surface area contributed by atoms with Crippen LogP contribution >= 0.6 is 0 Å². The first kappa shape index (κ1) is 13.2. The minimum Gasteiger partial charge on any atom is -0.370 e. The summed E-state index contributed by atoms with van der Waals surface area (Å²) in [5.74, 6) is -2.29. The smallest absolute Gasteiger partial charge is 0.299 e. The Balaban J connectivity index is 2.08. The maximum atomic E-state index is 13.1. The second-order valence-electron chi connectivity index (χ2n) is 4.37. The molecule has 0 saturated carbocycles. The Morgan fingerprint density at radius 2 is 2.00 bits per heavy atom.